The van der Waals surface area contributed by atoms with Gasteiger partial charge < -0.3 is 5.32 Å². The van der Waals surface area contributed by atoms with Crippen molar-refractivity contribution in [3.8, 4) is 0 Å². The van der Waals surface area contributed by atoms with Gasteiger partial charge in [-0.1, -0.05) is 12.5 Å². The Morgan fingerprint density at radius 1 is 1.33 bits per heavy atom. The summed E-state index contributed by atoms with van der Waals surface area (Å²) in [4.78, 5) is 2.61. The van der Waals surface area contributed by atoms with Crippen molar-refractivity contribution in [3.63, 3.8) is 0 Å². The molecule has 0 bridgehead atoms. The Morgan fingerprint density at radius 3 is 2.71 bits per heavy atom. The van der Waals surface area contributed by atoms with Crippen LogP contribution in [-0.4, -0.2) is 31.1 Å². The van der Waals surface area contributed by atoms with Crippen molar-refractivity contribution in [2.24, 2.45) is 5.92 Å². The molecular weight excluding hydrogens is 263 g/mol. The Morgan fingerprint density at radius 2 is 2.10 bits per heavy atom. The highest BCUT2D eigenvalue weighted by atomic mass is 19.1. The second-order valence-electron chi connectivity index (χ2n) is 6.59. The summed E-state index contributed by atoms with van der Waals surface area (Å²) >= 11 is 0. The molecule has 1 aliphatic rings. The van der Waals surface area contributed by atoms with Gasteiger partial charge in [0, 0.05) is 12.1 Å². The molecule has 1 aromatic carbocycles. The largest absolute Gasteiger partial charge is 0.319 e. The van der Waals surface area contributed by atoms with Crippen molar-refractivity contribution >= 4 is 0 Å². The summed E-state index contributed by atoms with van der Waals surface area (Å²) in [6, 6.07) is 6.19. The molecule has 118 valence electrons. The van der Waals surface area contributed by atoms with E-state index in [4.69, 9.17) is 0 Å². The number of hydrogen-bond donors (Lipinski definition) is 1. The first-order chi connectivity index (χ1) is 10.0. The van der Waals surface area contributed by atoms with E-state index in [9.17, 15) is 4.39 Å². The molecule has 2 rings (SSSR count). The third-order valence-corrected chi connectivity index (χ3v) is 4.73. The van der Waals surface area contributed by atoms with Crippen molar-refractivity contribution in [2.45, 2.75) is 52.1 Å². The number of nitrogens with zero attached hydrogens (tertiary/aromatic N) is 1. The van der Waals surface area contributed by atoms with Gasteiger partial charge in [0.1, 0.15) is 5.82 Å². The smallest absolute Gasteiger partial charge is 0.123 e. The van der Waals surface area contributed by atoms with E-state index in [0.29, 0.717) is 18.0 Å². The van der Waals surface area contributed by atoms with Crippen LogP contribution in [0.4, 0.5) is 4.39 Å². The predicted octanol–water partition coefficient (Wildman–Crippen LogP) is 3.91. The summed E-state index contributed by atoms with van der Waals surface area (Å²) < 4.78 is 13.5. The van der Waals surface area contributed by atoms with Gasteiger partial charge in [-0.15, -0.1) is 0 Å². The van der Waals surface area contributed by atoms with Crippen molar-refractivity contribution in [1.82, 2.24) is 10.2 Å². The van der Waals surface area contributed by atoms with Gasteiger partial charge in [0.05, 0.1) is 0 Å². The van der Waals surface area contributed by atoms with Crippen LogP contribution in [0, 0.1) is 18.7 Å². The molecule has 0 saturated carbocycles. The van der Waals surface area contributed by atoms with Crippen molar-refractivity contribution in [1.29, 1.82) is 0 Å². The van der Waals surface area contributed by atoms with Gasteiger partial charge in [0.25, 0.3) is 0 Å². The minimum atomic E-state index is -0.133. The lowest BCUT2D eigenvalue weighted by Crippen LogP contribution is -2.40. The molecular formula is C18H29FN2. The fourth-order valence-corrected chi connectivity index (χ4v) is 3.73. The van der Waals surface area contributed by atoms with Crippen LogP contribution < -0.4 is 5.32 Å². The van der Waals surface area contributed by atoms with E-state index in [2.05, 4.69) is 24.1 Å². The van der Waals surface area contributed by atoms with Crippen molar-refractivity contribution in [2.75, 3.05) is 20.1 Å². The molecule has 1 aliphatic heterocycles. The quantitative estimate of drug-likeness (QED) is 0.905. The number of benzene rings is 1. The summed E-state index contributed by atoms with van der Waals surface area (Å²) in [6.45, 7) is 8.74. The molecule has 2 atom stereocenters. The highest BCUT2D eigenvalue weighted by molar-refractivity contribution is 5.30. The number of hydrogen-bond acceptors (Lipinski definition) is 2. The molecule has 1 heterocycles. The molecule has 2 unspecified atom stereocenters. The van der Waals surface area contributed by atoms with Crippen LogP contribution in [0.15, 0.2) is 18.2 Å². The zero-order valence-corrected chi connectivity index (χ0v) is 13.8. The summed E-state index contributed by atoms with van der Waals surface area (Å²) in [5, 5.41) is 3.35. The molecule has 0 radical (unpaired) electrons. The van der Waals surface area contributed by atoms with Gasteiger partial charge >= 0.3 is 0 Å². The molecule has 2 nitrogen and oxygen atoms in total. The van der Waals surface area contributed by atoms with Gasteiger partial charge in [0.2, 0.25) is 0 Å². The minimum Gasteiger partial charge on any atom is -0.319 e. The van der Waals surface area contributed by atoms with Crippen molar-refractivity contribution < 1.29 is 4.39 Å². The molecule has 0 amide bonds. The molecule has 0 spiro atoms. The molecule has 0 aliphatic carbocycles. The predicted molar refractivity (Wildman–Crippen MR) is 87.0 cm³/mol. The maximum absolute atomic E-state index is 13.5. The van der Waals surface area contributed by atoms with Crippen LogP contribution in [0.1, 0.15) is 50.3 Å². The maximum Gasteiger partial charge on any atom is 0.123 e. The lowest BCUT2D eigenvalue weighted by atomic mass is 9.86. The first-order valence-electron chi connectivity index (χ1n) is 8.21. The number of halogens is 1. The number of nitrogens with one attached hydrogen (secondary N) is 1. The lowest BCUT2D eigenvalue weighted by molar-refractivity contribution is 0.118. The highest BCUT2D eigenvalue weighted by Gasteiger charge is 2.32. The van der Waals surface area contributed by atoms with E-state index in [1.54, 1.807) is 12.1 Å². The van der Waals surface area contributed by atoms with E-state index in [0.717, 1.165) is 18.7 Å². The first-order valence-corrected chi connectivity index (χ1v) is 8.21. The van der Waals surface area contributed by atoms with E-state index < -0.39 is 0 Å². The van der Waals surface area contributed by atoms with E-state index in [1.807, 2.05) is 20.0 Å². The summed E-state index contributed by atoms with van der Waals surface area (Å²) in [7, 11) is 2.03. The topological polar surface area (TPSA) is 15.3 Å². The fraction of sp³-hybridized carbons (Fsp3) is 0.667. The zero-order valence-electron chi connectivity index (χ0n) is 13.8. The molecule has 1 saturated heterocycles. The summed E-state index contributed by atoms with van der Waals surface area (Å²) in [5.41, 5.74) is 2.38. The Kier molecular flexibility index (Phi) is 5.77. The molecule has 0 aromatic heterocycles. The normalized spacial score (nSPS) is 24.3. The Labute approximate surface area is 128 Å². The summed E-state index contributed by atoms with van der Waals surface area (Å²) in [6.07, 6.45) is 3.78. The Balaban J connectivity index is 2.42. The standard InChI is InChI=1S/C18H29FN2/c1-13(2)21-10-6-5-7-15(12-20-4)18(21)17-9-8-16(19)11-14(17)3/h8-9,11,13,15,18,20H,5-7,10,12H2,1-4H3. The van der Waals surface area contributed by atoms with Gasteiger partial charge in [-0.05, 0) is 82.9 Å². The van der Waals surface area contributed by atoms with Crippen LogP contribution in [0.3, 0.4) is 0 Å². The Bertz CT molecular complexity index is 459. The van der Waals surface area contributed by atoms with Crippen LogP contribution in [-0.2, 0) is 0 Å². The molecule has 1 fully saturated rings. The number of rotatable bonds is 4. The summed E-state index contributed by atoms with van der Waals surface area (Å²) in [5.74, 6) is 0.454. The highest BCUT2D eigenvalue weighted by Crippen LogP contribution is 2.37. The molecule has 3 heteroatoms. The van der Waals surface area contributed by atoms with Crippen LogP contribution in [0.2, 0.25) is 0 Å². The second kappa shape index (κ2) is 7.37. The van der Waals surface area contributed by atoms with E-state index in [1.165, 1.54) is 24.8 Å². The number of aryl methyl sites for hydroxylation is 1. The molecule has 1 aromatic rings. The van der Waals surface area contributed by atoms with E-state index >= 15 is 0 Å². The van der Waals surface area contributed by atoms with Gasteiger partial charge in [0.15, 0.2) is 0 Å². The van der Waals surface area contributed by atoms with Gasteiger partial charge in [-0.25, -0.2) is 4.39 Å². The third-order valence-electron chi connectivity index (χ3n) is 4.73. The average Bonchev–Trinajstić information content (AvgIpc) is 2.62. The van der Waals surface area contributed by atoms with Gasteiger partial charge in [-0.2, -0.15) is 0 Å². The molecule has 21 heavy (non-hydrogen) atoms. The lowest BCUT2D eigenvalue weighted by Gasteiger charge is -2.39. The maximum atomic E-state index is 13.5. The third kappa shape index (κ3) is 3.83. The van der Waals surface area contributed by atoms with Crippen molar-refractivity contribution in [3.05, 3.63) is 35.1 Å². The fourth-order valence-electron chi connectivity index (χ4n) is 3.73. The van der Waals surface area contributed by atoms with Crippen LogP contribution in [0.5, 0.6) is 0 Å². The Hall–Kier alpha value is -0.930. The average molecular weight is 292 g/mol. The number of likely N-dealkylation sites (tertiary alicyclic amines) is 1. The van der Waals surface area contributed by atoms with E-state index in [-0.39, 0.29) is 5.82 Å². The molecule has 1 N–H and O–H groups in total. The monoisotopic (exact) mass is 292 g/mol. The van der Waals surface area contributed by atoms with Gasteiger partial charge in [-0.3, -0.25) is 4.90 Å². The first kappa shape index (κ1) is 16.4. The minimum absolute atomic E-state index is 0.133. The second-order valence-corrected chi connectivity index (χ2v) is 6.59. The van der Waals surface area contributed by atoms with Crippen LogP contribution in [0.25, 0.3) is 0 Å². The zero-order chi connectivity index (χ0) is 15.4. The van der Waals surface area contributed by atoms with Crippen LogP contribution >= 0.6 is 0 Å². The SMILES string of the molecule is CNCC1CCCCN(C(C)C)C1c1ccc(F)cc1C.